The maximum absolute atomic E-state index is 12.8. The lowest BCUT2D eigenvalue weighted by molar-refractivity contribution is -0.123. The fraction of sp³-hybridized carbons (Fsp3) is 0.348. The van der Waals surface area contributed by atoms with Gasteiger partial charge in [0.2, 0.25) is 5.91 Å². The topological polar surface area (TPSA) is 108 Å². The van der Waals surface area contributed by atoms with E-state index in [2.05, 4.69) is 15.5 Å². The Morgan fingerprint density at radius 3 is 2.74 bits per heavy atom. The van der Waals surface area contributed by atoms with Crippen molar-refractivity contribution in [3.8, 4) is 11.1 Å². The quantitative estimate of drug-likeness (QED) is 0.633. The van der Waals surface area contributed by atoms with Gasteiger partial charge in [-0.05, 0) is 48.9 Å². The highest BCUT2D eigenvalue weighted by Crippen LogP contribution is 2.29. The van der Waals surface area contributed by atoms with E-state index in [1.807, 2.05) is 56.4 Å². The van der Waals surface area contributed by atoms with Crippen molar-refractivity contribution in [2.24, 2.45) is 0 Å². The number of likely N-dealkylation sites (N-methyl/N-ethyl adjacent to an activating group) is 1. The third-order valence-electron chi connectivity index (χ3n) is 5.34. The molecule has 0 aromatic heterocycles. The fourth-order valence-electron chi connectivity index (χ4n) is 3.97. The molecule has 0 bridgehead atoms. The molecular weight excluding hydrogens is 398 g/mol. The molecule has 2 aromatic rings. The number of likely N-dealkylation sites (tertiary alicyclic amines) is 1. The van der Waals surface area contributed by atoms with E-state index in [-0.39, 0.29) is 30.4 Å². The summed E-state index contributed by atoms with van der Waals surface area (Å²) < 4.78 is 5.78. The molecule has 0 saturated carbocycles. The van der Waals surface area contributed by atoms with Gasteiger partial charge in [0.15, 0.2) is 0 Å². The molecule has 8 heteroatoms. The number of ether oxygens (including phenoxy) is 1. The normalized spacial score (nSPS) is 19.7. The van der Waals surface area contributed by atoms with Gasteiger partial charge in [0.25, 0.3) is 12.4 Å². The standard InChI is InChI=1S/C22H25N3O3.CH2O2/c1-3-28-20-13-25(2)12-19(20)24-22(27)17-6-4-5-14(9-17)15-7-8-16-11-21(26)23-18(16)10-15;2-1-3/h4-10,19-20H,3,11-13H2,1-2H3,(H,23,26)(H,24,27);1H,(H,2,3)/t19-,20-;/m0./s1. The largest absolute Gasteiger partial charge is 0.483 e. The Balaban J connectivity index is 0.000000858. The van der Waals surface area contributed by atoms with Gasteiger partial charge in [0.1, 0.15) is 0 Å². The number of fused-ring (bicyclic) bond motifs is 1. The number of carboxylic acid groups (broad SMARTS) is 1. The van der Waals surface area contributed by atoms with Gasteiger partial charge in [-0.25, -0.2) is 0 Å². The Morgan fingerprint density at radius 1 is 1.26 bits per heavy atom. The second-order valence-electron chi connectivity index (χ2n) is 7.58. The van der Waals surface area contributed by atoms with Crippen LogP contribution in [0.15, 0.2) is 42.5 Å². The van der Waals surface area contributed by atoms with Gasteiger partial charge < -0.3 is 25.4 Å². The van der Waals surface area contributed by atoms with Gasteiger partial charge in [-0.2, -0.15) is 0 Å². The van der Waals surface area contributed by atoms with E-state index in [4.69, 9.17) is 14.6 Å². The lowest BCUT2D eigenvalue weighted by Crippen LogP contribution is -2.43. The number of hydrogen-bond donors (Lipinski definition) is 3. The first-order valence-corrected chi connectivity index (χ1v) is 10.2. The second-order valence-corrected chi connectivity index (χ2v) is 7.58. The van der Waals surface area contributed by atoms with Crippen LogP contribution < -0.4 is 10.6 Å². The van der Waals surface area contributed by atoms with Crippen molar-refractivity contribution < 1.29 is 24.2 Å². The Labute approximate surface area is 181 Å². The Morgan fingerprint density at radius 2 is 2.00 bits per heavy atom. The molecular formula is C23H27N3O5. The molecule has 31 heavy (non-hydrogen) atoms. The first-order chi connectivity index (χ1) is 14.9. The van der Waals surface area contributed by atoms with Crippen LogP contribution >= 0.6 is 0 Å². The smallest absolute Gasteiger partial charge is 0.290 e. The SMILES string of the molecule is CCO[C@H]1CN(C)C[C@@H]1NC(=O)c1cccc(-c2ccc3c(c2)NC(=O)C3)c1.O=CO. The van der Waals surface area contributed by atoms with E-state index in [0.717, 1.165) is 35.5 Å². The van der Waals surface area contributed by atoms with Crippen LogP contribution in [0.5, 0.6) is 0 Å². The highest BCUT2D eigenvalue weighted by atomic mass is 16.5. The van der Waals surface area contributed by atoms with Gasteiger partial charge >= 0.3 is 0 Å². The fourth-order valence-corrected chi connectivity index (χ4v) is 3.97. The molecule has 8 nitrogen and oxygen atoms in total. The minimum Gasteiger partial charge on any atom is -0.483 e. The molecule has 164 valence electrons. The van der Waals surface area contributed by atoms with Gasteiger partial charge in [0.05, 0.1) is 18.6 Å². The van der Waals surface area contributed by atoms with E-state index < -0.39 is 0 Å². The average molecular weight is 425 g/mol. The molecule has 0 spiro atoms. The van der Waals surface area contributed by atoms with Crippen molar-refractivity contribution in [2.45, 2.75) is 25.5 Å². The number of anilines is 1. The monoisotopic (exact) mass is 425 g/mol. The van der Waals surface area contributed by atoms with Crippen molar-refractivity contribution in [3.63, 3.8) is 0 Å². The number of benzene rings is 2. The summed E-state index contributed by atoms with van der Waals surface area (Å²) >= 11 is 0. The predicted octanol–water partition coefficient (Wildman–Crippen LogP) is 2.00. The van der Waals surface area contributed by atoms with Gasteiger partial charge in [-0.1, -0.05) is 24.3 Å². The third kappa shape index (κ3) is 5.48. The number of hydrogen-bond acceptors (Lipinski definition) is 5. The average Bonchev–Trinajstić information content (AvgIpc) is 3.29. The molecule has 2 aromatic carbocycles. The van der Waals surface area contributed by atoms with Crippen molar-refractivity contribution in [3.05, 3.63) is 53.6 Å². The molecule has 0 aliphatic carbocycles. The first-order valence-electron chi connectivity index (χ1n) is 10.2. The summed E-state index contributed by atoms with van der Waals surface area (Å²) in [6, 6.07) is 13.5. The van der Waals surface area contributed by atoms with Crippen LogP contribution in [0, 0.1) is 0 Å². The molecule has 0 radical (unpaired) electrons. The minimum atomic E-state index is -0.250. The van der Waals surface area contributed by atoms with E-state index in [0.29, 0.717) is 18.6 Å². The molecule has 4 rings (SSSR count). The molecule has 2 aliphatic heterocycles. The first kappa shape index (κ1) is 22.5. The molecule has 2 amide bonds. The number of amides is 2. The zero-order valence-electron chi connectivity index (χ0n) is 17.6. The molecule has 0 unspecified atom stereocenters. The summed E-state index contributed by atoms with van der Waals surface area (Å²) in [5, 5.41) is 12.9. The Bertz CT molecular complexity index is 962. The number of nitrogens with zero attached hydrogens (tertiary/aromatic N) is 1. The molecule has 2 heterocycles. The van der Waals surface area contributed by atoms with Crippen molar-refractivity contribution in [2.75, 3.05) is 32.1 Å². The van der Waals surface area contributed by atoms with Crippen molar-refractivity contribution in [1.29, 1.82) is 0 Å². The summed E-state index contributed by atoms with van der Waals surface area (Å²) in [5.41, 5.74) is 4.40. The summed E-state index contributed by atoms with van der Waals surface area (Å²) in [5.74, 6) is -0.0769. The van der Waals surface area contributed by atoms with Crippen molar-refractivity contribution >= 4 is 24.0 Å². The van der Waals surface area contributed by atoms with Crippen LogP contribution in [0.1, 0.15) is 22.8 Å². The van der Waals surface area contributed by atoms with E-state index in [9.17, 15) is 9.59 Å². The molecule has 2 aliphatic rings. The number of carbonyl (C=O) groups is 3. The van der Waals surface area contributed by atoms with E-state index in [1.165, 1.54) is 0 Å². The zero-order valence-corrected chi connectivity index (χ0v) is 17.6. The van der Waals surface area contributed by atoms with Crippen LogP contribution in [-0.4, -0.2) is 67.2 Å². The molecule has 2 atom stereocenters. The van der Waals surface area contributed by atoms with Gasteiger partial charge in [0, 0.05) is 30.9 Å². The summed E-state index contributed by atoms with van der Waals surface area (Å²) in [6.07, 6.45) is 0.442. The number of rotatable bonds is 5. The molecule has 3 N–H and O–H groups in total. The maximum atomic E-state index is 12.8. The van der Waals surface area contributed by atoms with Crippen LogP contribution in [0.3, 0.4) is 0 Å². The van der Waals surface area contributed by atoms with E-state index >= 15 is 0 Å². The van der Waals surface area contributed by atoms with Crippen LogP contribution in [0.25, 0.3) is 11.1 Å². The third-order valence-corrected chi connectivity index (χ3v) is 5.34. The number of nitrogens with one attached hydrogen (secondary N) is 2. The number of carbonyl (C=O) groups excluding carboxylic acids is 2. The maximum Gasteiger partial charge on any atom is 0.290 e. The van der Waals surface area contributed by atoms with Crippen LogP contribution in [0.2, 0.25) is 0 Å². The van der Waals surface area contributed by atoms with Gasteiger partial charge in [-0.15, -0.1) is 0 Å². The van der Waals surface area contributed by atoms with E-state index in [1.54, 1.807) is 0 Å². The Kier molecular flexibility index (Phi) is 7.38. The predicted molar refractivity (Wildman–Crippen MR) is 117 cm³/mol. The lowest BCUT2D eigenvalue weighted by Gasteiger charge is -2.20. The zero-order chi connectivity index (χ0) is 22.4. The summed E-state index contributed by atoms with van der Waals surface area (Å²) in [6.45, 7) is 3.95. The highest BCUT2D eigenvalue weighted by molar-refractivity contribution is 6.00. The second kappa shape index (κ2) is 10.2. The molecule has 1 fully saturated rings. The lowest BCUT2D eigenvalue weighted by atomic mass is 10.00. The summed E-state index contributed by atoms with van der Waals surface area (Å²) in [4.78, 5) is 34.9. The highest BCUT2D eigenvalue weighted by Gasteiger charge is 2.32. The van der Waals surface area contributed by atoms with Crippen LogP contribution in [0.4, 0.5) is 5.69 Å². The van der Waals surface area contributed by atoms with Gasteiger partial charge in [-0.3, -0.25) is 14.4 Å². The minimum absolute atomic E-state index is 0.0162. The summed E-state index contributed by atoms with van der Waals surface area (Å²) in [7, 11) is 2.03. The molecule has 1 saturated heterocycles. The van der Waals surface area contributed by atoms with Crippen LogP contribution in [-0.2, 0) is 20.7 Å². The van der Waals surface area contributed by atoms with Crippen molar-refractivity contribution in [1.82, 2.24) is 10.2 Å². The Hall–Kier alpha value is -3.23.